The third-order valence-electron chi connectivity index (χ3n) is 3.53. The number of nitrogens with one attached hydrogen (secondary N) is 1. The summed E-state index contributed by atoms with van der Waals surface area (Å²) in [5, 5.41) is 11.4. The van der Waals surface area contributed by atoms with E-state index in [-0.39, 0.29) is 30.6 Å². The van der Waals surface area contributed by atoms with Crippen LogP contribution in [0.3, 0.4) is 0 Å². The minimum absolute atomic E-state index is 0.141. The zero-order chi connectivity index (χ0) is 16.8. The zero-order valence-electron chi connectivity index (χ0n) is 12.7. The highest BCUT2D eigenvalue weighted by Gasteiger charge is 2.29. The van der Waals surface area contributed by atoms with Gasteiger partial charge in [0.2, 0.25) is 5.91 Å². The minimum atomic E-state index is -1.06. The van der Waals surface area contributed by atoms with E-state index in [1.54, 1.807) is 13.0 Å². The van der Waals surface area contributed by atoms with Gasteiger partial charge >= 0.3 is 11.9 Å². The second kappa shape index (κ2) is 7.53. The Morgan fingerprint density at radius 1 is 1.52 bits per heavy atom. The van der Waals surface area contributed by atoms with Crippen molar-refractivity contribution in [2.24, 2.45) is 10.9 Å². The molecule has 0 aromatic heterocycles. The molecule has 7 nitrogen and oxygen atoms in total. The lowest BCUT2D eigenvalue weighted by Crippen LogP contribution is -2.34. The van der Waals surface area contributed by atoms with E-state index in [4.69, 9.17) is 9.84 Å². The van der Waals surface area contributed by atoms with Gasteiger partial charge in [-0.25, -0.2) is 4.79 Å². The summed E-state index contributed by atoms with van der Waals surface area (Å²) in [4.78, 5) is 38.3. The lowest BCUT2D eigenvalue weighted by atomic mass is 9.86. The first-order chi connectivity index (χ1) is 11.0. The Balaban J connectivity index is 2.19. The van der Waals surface area contributed by atoms with E-state index in [0.717, 1.165) is 11.6 Å². The minimum Gasteiger partial charge on any atom is -0.478 e. The number of allylic oxidation sites excluding steroid dienone is 4. The van der Waals surface area contributed by atoms with Crippen molar-refractivity contribution < 1.29 is 24.2 Å². The smallest absolute Gasteiger partial charge is 0.328 e. The number of carbonyl (C=O) groups is 3. The lowest BCUT2D eigenvalue weighted by Gasteiger charge is -2.25. The van der Waals surface area contributed by atoms with Gasteiger partial charge in [0, 0.05) is 18.4 Å². The molecular formula is C16H18N2O5. The summed E-state index contributed by atoms with van der Waals surface area (Å²) >= 11 is 0. The van der Waals surface area contributed by atoms with E-state index in [1.165, 1.54) is 12.3 Å². The zero-order valence-corrected chi connectivity index (χ0v) is 12.7. The van der Waals surface area contributed by atoms with Crippen molar-refractivity contribution in [3.05, 3.63) is 35.2 Å². The van der Waals surface area contributed by atoms with E-state index < -0.39 is 5.97 Å². The molecule has 0 fully saturated rings. The largest absolute Gasteiger partial charge is 0.478 e. The van der Waals surface area contributed by atoms with Crippen LogP contribution in [0.2, 0.25) is 0 Å². The summed E-state index contributed by atoms with van der Waals surface area (Å²) in [5.74, 6) is -1.80. The maximum Gasteiger partial charge on any atom is 0.328 e. The number of hydrogen-bond acceptors (Lipinski definition) is 5. The normalized spacial score (nSPS) is 20.7. The highest BCUT2D eigenvalue weighted by atomic mass is 16.5. The van der Waals surface area contributed by atoms with E-state index in [1.807, 2.05) is 0 Å². The van der Waals surface area contributed by atoms with Crippen LogP contribution in [0.1, 0.15) is 26.2 Å². The number of nitrogens with zero attached hydrogens (tertiary/aromatic N) is 1. The average Bonchev–Trinajstić information content (AvgIpc) is 2.67. The number of carboxylic acid groups (broad SMARTS) is 1. The quantitative estimate of drug-likeness (QED) is 0.587. The number of hydrogen-bond donors (Lipinski definition) is 2. The fourth-order valence-corrected chi connectivity index (χ4v) is 2.53. The number of aliphatic carboxylic acids is 1. The highest BCUT2D eigenvalue weighted by Crippen LogP contribution is 2.30. The summed E-state index contributed by atoms with van der Waals surface area (Å²) in [7, 11) is 0. The van der Waals surface area contributed by atoms with E-state index in [9.17, 15) is 14.4 Å². The maximum absolute atomic E-state index is 11.8. The molecule has 2 N–H and O–H groups in total. The highest BCUT2D eigenvalue weighted by molar-refractivity contribution is 5.92. The standard InChI is InChI=1S/C16H18N2O5/c1-2-23-16(22)8-10-7-14(19)18-13-9-17-11(3-5-12(10)13)4-6-15(20)21/h3-4,6,9-10H,2,5,7-8H2,1H3,(H,18,19)(H,20,21)/b6-4+. The Morgan fingerprint density at radius 2 is 2.30 bits per heavy atom. The Bertz CT molecular complexity index is 643. The van der Waals surface area contributed by atoms with E-state index in [0.29, 0.717) is 24.4 Å². The van der Waals surface area contributed by atoms with Crippen molar-refractivity contribution in [1.29, 1.82) is 0 Å². The molecule has 23 heavy (non-hydrogen) atoms. The Morgan fingerprint density at radius 3 is 3.00 bits per heavy atom. The number of esters is 1. The molecule has 0 radical (unpaired) electrons. The van der Waals surface area contributed by atoms with Gasteiger partial charge in [-0.3, -0.25) is 14.6 Å². The molecule has 0 aromatic rings. The predicted octanol–water partition coefficient (Wildman–Crippen LogP) is 1.33. The van der Waals surface area contributed by atoms with Crippen molar-refractivity contribution in [2.75, 3.05) is 6.61 Å². The molecule has 2 aliphatic rings. The molecule has 1 amide bonds. The van der Waals surface area contributed by atoms with Crippen LogP contribution >= 0.6 is 0 Å². The first-order valence-corrected chi connectivity index (χ1v) is 7.33. The maximum atomic E-state index is 11.8. The Labute approximate surface area is 133 Å². The molecule has 0 spiro atoms. The van der Waals surface area contributed by atoms with E-state index >= 15 is 0 Å². The second-order valence-electron chi connectivity index (χ2n) is 5.16. The number of rotatable bonds is 5. The van der Waals surface area contributed by atoms with Gasteiger partial charge < -0.3 is 15.2 Å². The summed E-state index contributed by atoms with van der Waals surface area (Å²) in [6, 6.07) is 0. The van der Waals surface area contributed by atoms with Gasteiger partial charge in [0.25, 0.3) is 0 Å². The summed E-state index contributed by atoms with van der Waals surface area (Å²) in [5.41, 5.74) is 1.97. The van der Waals surface area contributed by atoms with Gasteiger partial charge in [-0.15, -0.1) is 0 Å². The molecule has 7 heteroatoms. The van der Waals surface area contributed by atoms with Crippen LogP contribution in [-0.2, 0) is 19.1 Å². The lowest BCUT2D eigenvalue weighted by molar-refractivity contribution is -0.144. The summed E-state index contributed by atoms with van der Waals surface area (Å²) < 4.78 is 4.96. The molecule has 122 valence electrons. The van der Waals surface area contributed by atoms with Crippen molar-refractivity contribution >= 4 is 24.1 Å². The number of amides is 1. The number of ether oxygens (including phenoxy) is 1. The third-order valence-corrected chi connectivity index (χ3v) is 3.53. The molecule has 0 saturated heterocycles. The third kappa shape index (κ3) is 4.64. The second-order valence-corrected chi connectivity index (χ2v) is 5.16. The van der Waals surface area contributed by atoms with Gasteiger partial charge in [0.15, 0.2) is 0 Å². The van der Waals surface area contributed by atoms with Gasteiger partial charge in [0.1, 0.15) is 0 Å². The molecule has 1 unspecified atom stereocenters. The molecule has 0 aromatic carbocycles. The SMILES string of the molecule is CCOC(=O)CC1CC(=O)NC2=C1CC=C(/C=C/C(=O)O)N=C2. The van der Waals surface area contributed by atoms with Crippen LogP contribution < -0.4 is 5.32 Å². The van der Waals surface area contributed by atoms with Gasteiger partial charge in [-0.2, -0.15) is 0 Å². The van der Waals surface area contributed by atoms with Gasteiger partial charge in [0.05, 0.1) is 30.6 Å². The van der Waals surface area contributed by atoms with Gasteiger partial charge in [-0.1, -0.05) is 6.08 Å². The van der Waals surface area contributed by atoms with Crippen LogP contribution in [0, 0.1) is 5.92 Å². The molecule has 2 aliphatic heterocycles. The first-order valence-electron chi connectivity index (χ1n) is 7.33. The number of carboxylic acids is 1. The monoisotopic (exact) mass is 318 g/mol. The summed E-state index contributed by atoms with van der Waals surface area (Å²) in [6.45, 7) is 2.04. The molecule has 0 saturated carbocycles. The summed E-state index contributed by atoms with van der Waals surface area (Å²) in [6.07, 6.45) is 6.51. The number of carbonyl (C=O) groups excluding carboxylic acids is 2. The predicted molar refractivity (Wildman–Crippen MR) is 82.5 cm³/mol. The Hall–Kier alpha value is -2.70. The van der Waals surface area contributed by atoms with Crippen LogP contribution in [0.15, 0.2) is 40.2 Å². The van der Waals surface area contributed by atoms with Crippen molar-refractivity contribution in [3.8, 4) is 0 Å². The topological polar surface area (TPSA) is 105 Å². The molecule has 0 aliphatic carbocycles. The van der Waals surface area contributed by atoms with Crippen molar-refractivity contribution in [1.82, 2.24) is 5.32 Å². The van der Waals surface area contributed by atoms with Crippen molar-refractivity contribution in [3.63, 3.8) is 0 Å². The van der Waals surface area contributed by atoms with Crippen LogP contribution in [-0.4, -0.2) is 35.8 Å². The molecule has 0 bridgehead atoms. The average molecular weight is 318 g/mol. The van der Waals surface area contributed by atoms with E-state index in [2.05, 4.69) is 10.3 Å². The molecule has 2 rings (SSSR count). The van der Waals surface area contributed by atoms with Crippen LogP contribution in [0.5, 0.6) is 0 Å². The molecule has 2 heterocycles. The number of aliphatic imine (C=N–C) groups is 1. The van der Waals surface area contributed by atoms with Crippen molar-refractivity contribution in [2.45, 2.75) is 26.2 Å². The van der Waals surface area contributed by atoms with Crippen LogP contribution in [0.25, 0.3) is 0 Å². The molecule has 1 atom stereocenters. The Kier molecular flexibility index (Phi) is 5.46. The first kappa shape index (κ1) is 16.7. The fraction of sp³-hybridized carbons (Fsp3) is 0.375. The van der Waals surface area contributed by atoms with Crippen LogP contribution in [0.4, 0.5) is 0 Å². The fourth-order valence-electron chi connectivity index (χ4n) is 2.53. The van der Waals surface area contributed by atoms with Gasteiger partial charge in [-0.05, 0) is 25.0 Å². The molecular weight excluding hydrogens is 300 g/mol.